The lowest BCUT2D eigenvalue weighted by molar-refractivity contribution is -0.384. The number of hydrogen-bond donors (Lipinski definition) is 1. The number of anilines is 1. The highest BCUT2D eigenvalue weighted by atomic mass is 32.1. The molecule has 3 aromatic carbocycles. The van der Waals surface area contributed by atoms with Crippen LogP contribution in [0.25, 0.3) is 11.3 Å². The van der Waals surface area contributed by atoms with E-state index in [2.05, 4.69) is 10.3 Å². The molecule has 0 spiro atoms. The van der Waals surface area contributed by atoms with Crippen molar-refractivity contribution < 1.29 is 18.8 Å². The molecule has 0 unspecified atom stereocenters. The zero-order chi connectivity index (χ0) is 28.3. The summed E-state index contributed by atoms with van der Waals surface area (Å²) in [5, 5.41) is 15.2. The highest BCUT2D eigenvalue weighted by Crippen LogP contribution is 2.43. The average molecular weight is 565 g/mol. The SMILES string of the molecule is COc1ccc(Oc2ccc(N3C(=S)N[C@H](c4ccccn4)[C@@H]3c3ccc(-c4cccc([N+](=O)[O-])c4)o3)cc2)cc1. The second-order valence-corrected chi connectivity index (χ2v) is 9.66. The first-order valence-corrected chi connectivity index (χ1v) is 13.2. The predicted molar refractivity (Wildman–Crippen MR) is 158 cm³/mol. The molecule has 9 nitrogen and oxygen atoms in total. The van der Waals surface area contributed by atoms with E-state index in [1.54, 1.807) is 25.4 Å². The van der Waals surface area contributed by atoms with Crippen LogP contribution in [-0.2, 0) is 0 Å². The van der Waals surface area contributed by atoms with Gasteiger partial charge in [-0.05, 0) is 85.0 Å². The van der Waals surface area contributed by atoms with Crippen molar-refractivity contribution in [1.82, 2.24) is 10.3 Å². The number of furan rings is 1. The monoisotopic (exact) mass is 564 g/mol. The lowest BCUT2D eigenvalue weighted by Crippen LogP contribution is -2.29. The fraction of sp³-hybridized carbons (Fsp3) is 0.0968. The van der Waals surface area contributed by atoms with Gasteiger partial charge in [0.15, 0.2) is 5.11 Å². The molecule has 0 amide bonds. The molecule has 1 fully saturated rings. The molecule has 10 heteroatoms. The van der Waals surface area contributed by atoms with Crippen molar-refractivity contribution in [3.63, 3.8) is 0 Å². The number of methoxy groups -OCH3 is 1. The standard InChI is InChI=1S/C31H24N4O5S/c1-38-23-12-14-25(15-13-23)39-24-10-8-21(9-11-24)34-30(29(33-31(34)41)26-7-2-3-18-32-26)28-17-16-27(40-28)20-5-4-6-22(19-20)35(36)37/h2-19,29-30H,1H3,(H,33,41)/t29-,30+/m1/s1. The van der Waals surface area contributed by atoms with Gasteiger partial charge in [0.25, 0.3) is 5.69 Å². The molecular weight excluding hydrogens is 540 g/mol. The van der Waals surface area contributed by atoms with Gasteiger partial charge < -0.3 is 24.1 Å². The Hall–Kier alpha value is -5.22. The van der Waals surface area contributed by atoms with Crippen LogP contribution in [0.3, 0.4) is 0 Å². The van der Waals surface area contributed by atoms with E-state index < -0.39 is 4.92 Å². The van der Waals surface area contributed by atoms with Crippen molar-refractivity contribution in [1.29, 1.82) is 0 Å². The Bertz CT molecular complexity index is 1690. The Morgan fingerprint density at radius 3 is 2.34 bits per heavy atom. The number of nitro benzene ring substituents is 1. The van der Waals surface area contributed by atoms with Gasteiger partial charge in [-0.1, -0.05) is 18.2 Å². The van der Waals surface area contributed by atoms with Gasteiger partial charge in [0.05, 0.1) is 23.8 Å². The van der Waals surface area contributed by atoms with Crippen LogP contribution in [0.15, 0.2) is 114 Å². The lowest BCUT2D eigenvalue weighted by Gasteiger charge is -2.26. The van der Waals surface area contributed by atoms with Crippen LogP contribution in [0.2, 0.25) is 0 Å². The van der Waals surface area contributed by atoms with E-state index in [0.717, 1.165) is 17.1 Å². The second kappa shape index (κ2) is 11.1. The number of nitrogens with zero attached hydrogens (tertiary/aromatic N) is 3. The molecule has 0 aliphatic carbocycles. The summed E-state index contributed by atoms with van der Waals surface area (Å²) in [4.78, 5) is 17.5. The van der Waals surface area contributed by atoms with Crippen LogP contribution in [0, 0.1) is 10.1 Å². The van der Waals surface area contributed by atoms with E-state index in [4.69, 9.17) is 26.1 Å². The number of rotatable bonds is 8. The topological polar surface area (TPSA) is 103 Å². The largest absolute Gasteiger partial charge is 0.497 e. The maximum atomic E-state index is 11.3. The molecule has 2 atom stereocenters. The molecule has 1 aliphatic heterocycles. The molecule has 204 valence electrons. The number of hydrogen-bond acceptors (Lipinski definition) is 7. The van der Waals surface area contributed by atoms with Crippen LogP contribution in [0.5, 0.6) is 17.2 Å². The lowest BCUT2D eigenvalue weighted by atomic mass is 10.0. The number of ether oxygens (including phenoxy) is 2. The highest BCUT2D eigenvalue weighted by Gasteiger charge is 2.42. The average Bonchev–Trinajstić information content (AvgIpc) is 3.63. The molecule has 1 saturated heterocycles. The number of non-ortho nitro benzene ring substituents is 1. The molecule has 6 rings (SSSR count). The number of thiocarbonyl (C=S) groups is 1. The first-order chi connectivity index (χ1) is 20.0. The van der Waals surface area contributed by atoms with E-state index in [0.29, 0.717) is 33.7 Å². The Kier molecular flexibility index (Phi) is 7.05. The van der Waals surface area contributed by atoms with Gasteiger partial charge in [-0.15, -0.1) is 0 Å². The van der Waals surface area contributed by atoms with Crippen molar-refractivity contribution in [3.05, 3.63) is 131 Å². The molecule has 1 N–H and O–H groups in total. The third kappa shape index (κ3) is 5.32. The summed E-state index contributed by atoms with van der Waals surface area (Å²) in [5.41, 5.74) is 2.24. The van der Waals surface area contributed by atoms with Gasteiger partial charge in [-0.3, -0.25) is 15.1 Å². The molecule has 41 heavy (non-hydrogen) atoms. The molecular formula is C31H24N4O5S. The first-order valence-electron chi connectivity index (χ1n) is 12.8. The van der Waals surface area contributed by atoms with Gasteiger partial charge in [-0.25, -0.2) is 0 Å². The van der Waals surface area contributed by atoms with Crippen LogP contribution in [-0.4, -0.2) is 22.1 Å². The first kappa shape index (κ1) is 26.0. The molecule has 3 heterocycles. The second-order valence-electron chi connectivity index (χ2n) is 9.28. The van der Waals surface area contributed by atoms with E-state index in [9.17, 15) is 10.1 Å². The minimum absolute atomic E-state index is 0.00546. The van der Waals surface area contributed by atoms with E-state index in [1.165, 1.54) is 12.1 Å². The van der Waals surface area contributed by atoms with Crippen molar-refractivity contribution in [2.24, 2.45) is 0 Å². The third-order valence-corrected chi connectivity index (χ3v) is 7.08. The van der Waals surface area contributed by atoms with Gasteiger partial charge in [0, 0.05) is 29.6 Å². The van der Waals surface area contributed by atoms with Crippen LogP contribution >= 0.6 is 12.2 Å². The molecule has 0 bridgehead atoms. The summed E-state index contributed by atoms with van der Waals surface area (Å²) < 4.78 is 17.6. The van der Waals surface area contributed by atoms with Crippen molar-refractivity contribution in [2.75, 3.05) is 12.0 Å². The summed E-state index contributed by atoms with van der Waals surface area (Å²) >= 11 is 5.81. The Labute approximate surface area is 241 Å². The molecule has 0 radical (unpaired) electrons. The number of aromatic nitrogens is 1. The quantitative estimate of drug-likeness (QED) is 0.119. The van der Waals surface area contributed by atoms with Crippen LogP contribution < -0.4 is 19.7 Å². The Morgan fingerprint density at radius 1 is 0.927 bits per heavy atom. The third-order valence-electron chi connectivity index (χ3n) is 6.77. The molecule has 0 saturated carbocycles. The van der Waals surface area contributed by atoms with E-state index in [-0.39, 0.29) is 17.8 Å². The summed E-state index contributed by atoms with van der Waals surface area (Å²) in [7, 11) is 1.62. The Morgan fingerprint density at radius 2 is 1.66 bits per heavy atom. The summed E-state index contributed by atoms with van der Waals surface area (Å²) in [6.07, 6.45) is 1.74. The maximum absolute atomic E-state index is 11.3. The minimum Gasteiger partial charge on any atom is -0.497 e. The van der Waals surface area contributed by atoms with Gasteiger partial charge >= 0.3 is 0 Å². The Balaban J connectivity index is 1.33. The van der Waals surface area contributed by atoms with Crippen molar-refractivity contribution in [3.8, 4) is 28.6 Å². The minimum atomic E-state index is -0.423. The highest BCUT2D eigenvalue weighted by molar-refractivity contribution is 7.80. The summed E-state index contributed by atoms with van der Waals surface area (Å²) in [6, 6.07) is 30.1. The predicted octanol–water partition coefficient (Wildman–Crippen LogP) is 7.23. The van der Waals surface area contributed by atoms with E-state index >= 15 is 0 Å². The molecule has 2 aromatic heterocycles. The van der Waals surface area contributed by atoms with E-state index in [1.807, 2.05) is 83.8 Å². The number of nitrogens with one attached hydrogen (secondary N) is 1. The zero-order valence-corrected chi connectivity index (χ0v) is 22.7. The van der Waals surface area contributed by atoms with Crippen molar-refractivity contribution >= 4 is 28.7 Å². The maximum Gasteiger partial charge on any atom is 0.270 e. The number of pyridine rings is 1. The molecule has 1 aliphatic rings. The summed E-state index contributed by atoms with van der Waals surface area (Å²) in [6.45, 7) is 0. The smallest absolute Gasteiger partial charge is 0.270 e. The number of benzene rings is 3. The van der Waals surface area contributed by atoms with Crippen molar-refractivity contribution in [2.45, 2.75) is 12.1 Å². The molecule has 5 aromatic rings. The normalized spacial score (nSPS) is 16.3. The van der Waals surface area contributed by atoms with Gasteiger partial charge in [0.2, 0.25) is 0 Å². The number of nitro groups is 1. The van der Waals surface area contributed by atoms with Gasteiger partial charge in [-0.2, -0.15) is 0 Å². The van der Waals surface area contributed by atoms with Crippen LogP contribution in [0.1, 0.15) is 23.5 Å². The zero-order valence-electron chi connectivity index (χ0n) is 21.8. The fourth-order valence-corrected chi connectivity index (χ4v) is 5.16. The van der Waals surface area contributed by atoms with Gasteiger partial charge in [0.1, 0.15) is 34.8 Å². The summed E-state index contributed by atoms with van der Waals surface area (Å²) in [5.74, 6) is 3.26. The fourth-order valence-electron chi connectivity index (χ4n) is 4.82. The van der Waals surface area contributed by atoms with Crippen LogP contribution in [0.4, 0.5) is 11.4 Å².